The lowest BCUT2D eigenvalue weighted by atomic mass is 9.80. The molecule has 2 rings (SSSR count). The molecule has 0 bridgehead atoms. The van der Waals surface area contributed by atoms with E-state index in [9.17, 15) is 4.79 Å². The third-order valence-corrected chi connectivity index (χ3v) is 4.93. The first-order chi connectivity index (χ1) is 11.1. The molecule has 2 aromatic rings. The summed E-state index contributed by atoms with van der Waals surface area (Å²) in [6.07, 6.45) is 1.35. The molecule has 0 saturated heterocycles. The topological polar surface area (TPSA) is 51.2 Å². The van der Waals surface area contributed by atoms with Gasteiger partial charge in [0.05, 0.1) is 12.3 Å². The van der Waals surface area contributed by atoms with E-state index in [4.69, 9.17) is 4.74 Å². The number of esters is 1. The summed E-state index contributed by atoms with van der Waals surface area (Å²) in [6, 6.07) is 8.15. The number of carbonyl (C=O) groups excluding carboxylic acids is 1. The Kier molecular flexibility index (Phi) is 5.77. The highest BCUT2D eigenvalue weighted by atomic mass is 32.1. The lowest BCUT2D eigenvalue weighted by Crippen LogP contribution is -2.36. The van der Waals surface area contributed by atoms with Crippen LogP contribution in [-0.2, 0) is 14.9 Å². The van der Waals surface area contributed by atoms with Crippen LogP contribution in [0.15, 0.2) is 29.6 Å². The van der Waals surface area contributed by atoms with Gasteiger partial charge in [0.2, 0.25) is 0 Å². The molecule has 1 N–H and O–H groups in total. The first kappa shape index (κ1) is 17.5. The Balaban J connectivity index is 2.24. The molecule has 0 radical (unpaired) electrons. The van der Waals surface area contributed by atoms with Gasteiger partial charge in [0.15, 0.2) is 5.13 Å². The van der Waals surface area contributed by atoms with Crippen molar-refractivity contribution in [3.8, 4) is 0 Å². The first-order valence-corrected chi connectivity index (χ1v) is 8.90. The molecule has 0 spiro atoms. The SMILES string of the molecule is CCOC(=O)C(CC)(CC)c1csc(Nc2ccc(C)cc2)n1. The minimum Gasteiger partial charge on any atom is -0.465 e. The average Bonchev–Trinajstić information content (AvgIpc) is 3.01. The molecule has 1 heterocycles. The van der Waals surface area contributed by atoms with Crippen LogP contribution in [0.3, 0.4) is 0 Å². The molecule has 0 aliphatic heterocycles. The Morgan fingerprint density at radius 2 is 1.87 bits per heavy atom. The fourth-order valence-corrected chi connectivity index (χ4v) is 3.42. The van der Waals surface area contributed by atoms with Crippen molar-refractivity contribution in [2.75, 3.05) is 11.9 Å². The second-order valence-electron chi connectivity index (χ2n) is 5.54. The van der Waals surface area contributed by atoms with Crippen LogP contribution in [0.4, 0.5) is 10.8 Å². The zero-order chi connectivity index (χ0) is 16.9. The number of benzene rings is 1. The van der Waals surface area contributed by atoms with E-state index < -0.39 is 5.41 Å². The Morgan fingerprint density at radius 3 is 2.43 bits per heavy atom. The van der Waals surface area contributed by atoms with Crippen molar-refractivity contribution < 1.29 is 9.53 Å². The molecule has 0 aliphatic carbocycles. The second-order valence-corrected chi connectivity index (χ2v) is 6.40. The number of hydrogen-bond donors (Lipinski definition) is 1. The Labute approximate surface area is 141 Å². The molecule has 0 unspecified atom stereocenters. The minimum absolute atomic E-state index is 0.183. The summed E-state index contributed by atoms with van der Waals surface area (Å²) in [7, 11) is 0. The number of thiazole rings is 1. The first-order valence-electron chi connectivity index (χ1n) is 8.02. The monoisotopic (exact) mass is 332 g/mol. The third kappa shape index (κ3) is 3.72. The van der Waals surface area contributed by atoms with Gasteiger partial charge >= 0.3 is 5.97 Å². The quantitative estimate of drug-likeness (QED) is 0.739. The van der Waals surface area contributed by atoms with Crippen molar-refractivity contribution in [1.82, 2.24) is 4.98 Å². The number of rotatable bonds is 7. The van der Waals surface area contributed by atoms with Crippen LogP contribution >= 0.6 is 11.3 Å². The van der Waals surface area contributed by atoms with Crippen LogP contribution in [0.1, 0.15) is 44.9 Å². The van der Waals surface area contributed by atoms with E-state index in [-0.39, 0.29) is 5.97 Å². The fourth-order valence-electron chi connectivity index (χ4n) is 2.59. The maximum Gasteiger partial charge on any atom is 0.318 e. The van der Waals surface area contributed by atoms with Gasteiger partial charge in [-0.05, 0) is 38.8 Å². The number of carbonyl (C=O) groups is 1. The lowest BCUT2D eigenvalue weighted by molar-refractivity contribution is -0.150. The van der Waals surface area contributed by atoms with Crippen LogP contribution in [0.2, 0.25) is 0 Å². The van der Waals surface area contributed by atoms with Crippen molar-refractivity contribution >= 4 is 28.1 Å². The molecular weight excluding hydrogens is 308 g/mol. The normalized spacial score (nSPS) is 11.3. The van der Waals surface area contributed by atoms with E-state index >= 15 is 0 Å². The maximum absolute atomic E-state index is 12.5. The fraction of sp³-hybridized carbons (Fsp3) is 0.444. The van der Waals surface area contributed by atoms with E-state index in [1.165, 1.54) is 16.9 Å². The molecule has 0 fully saturated rings. The van der Waals surface area contributed by atoms with Crippen LogP contribution in [0.5, 0.6) is 0 Å². The Hall–Kier alpha value is -1.88. The smallest absolute Gasteiger partial charge is 0.318 e. The van der Waals surface area contributed by atoms with Crippen molar-refractivity contribution in [2.24, 2.45) is 0 Å². The third-order valence-electron chi connectivity index (χ3n) is 4.17. The second kappa shape index (κ2) is 7.59. The van der Waals surface area contributed by atoms with E-state index in [1.807, 2.05) is 38.3 Å². The van der Waals surface area contributed by atoms with Gasteiger partial charge in [0, 0.05) is 11.1 Å². The van der Waals surface area contributed by atoms with Crippen molar-refractivity contribution in [2.45, 2.75) is 46.0 Å². The number of hydrogen-bond acceptors (Lipinski definition) is 5. The molecule has 1 aromatic carbocycles. The van der Waals surface area contributed by atoms with Crippen LogP contribution < -0.4 is 5.32 Å². The lowest BCUT2D eigenvalue weighted by Gasteiger charge is -2.27. The number of aromatic nitrogens is 1. The molecule has 0 amide bonds. The number of anilines is 2. The van der Waals surface area contributed by atoms with Gasteiger partial charge < -0.3 is 10.1 Å². The molecule has 23 heavy (non-hydrogen) atoms. The summed E-state index contributed by atoms with van der Waals surface area (Å²) < 4.78 is 5.29. The molecule has 0 atom stereocenters. The highest BCUT2D eigenvalue weighted by Crippen LogP contribution is 2.35. The number of nitrogens with one attached hydrogen (secondary N) is 1. The van der Waals surface area contributed by atoms with Crippen LogP contribution in [-0.4, -0.2) is 17.6 Å². The van der Waals surface area contributed by atoms with Gasteiger partial charge in [-0.1, -0.05) is 31.5 Å². The molecule has 124 valence electrons. The standard InChI is InChI=1S/C18H24N2O2S/c1-5-18(6-2,16(21)22-7-3)15-12-23-17(20-15)19-14-10-8-13(4)9-11-14/h8-12H,5-7H2,1-4H3,(H,19,20). The summed E-state index contributed by atoms with van der Waals surface area (Å²) in [5.41, 5.74) is 2.35. The van der Waals surface area contributed by atoms with Crippen molar-refractivity contribution in [1.29, 1.82) is 0 Å². The number of nitrogens with zero attached hydrogens (tertiary/aromatic N) is 1. The minimum atomic E-state index is -0.653. The zero-order valence-electron chi connectivity index (χ0n) is 14.2. The van der Waals surface area contributed by atoms with Crippen LogP contribution in [0, 0.1) is 6.92 Å². The summed E-state index contributed by atoms with van der Waals surface area (Å²) in [6.45, 7) is 8.29. The van der Waals surface area contributed by atoms with E-state index in [0.29, 0.717) is 19.4 Å². The number of ether oxygens (including phenoxy) is 1. The number of aryl methyl sites for hydroxylation is 1. The largest absolute Gasteiger partial charge is 0.465 e. The van der Waals surface area contributed by atoms with Crippen molar-refractivity contribution in [3.63, 3.8) is 0 Å². The molecule has 0 aliphatic rings. The van der Waals surface area contributed by atoms with Crippen LogP contribution in [0.25, 0.3) is 0 Å². The molecule has 5 heteroatoms. The summed E-state index contributed by atoms with van der Waals surface area (Å²) in [5.74, 6) is -0.183. The maximum atomic E-state index is 12.5. The molecule has 1 aromatic heterocycles. The zero-order valence-corrected chi connectivity index (χ0v) is 15.0. The molecular formula is C18H24N2O2S. The predicted molar refractivity (Wildman–Crippen MR) is 95.5 cm³/mol. The van der Waals surface area contributed by atoms with Gasteiger partial charge in [-0.2, -0.15) is 0 Å². The highest BCUT2D eigenvalue weighted by molar-refractivity contribution is 7.13. The Bertz CT molecular complexity index is 645. The summed E-state index contributed by atoms with van der Waals surface area (Å²) >= 11 is 1.51. The van der Waals surface area contributed by atoms with Gasteiger partial charge in [0.25, 0.3) is 0 Å². The average molecular weight is 332 g/mol. The predicted octanol–water partition coefficient (Wildman–Crippen LogP) is 4.82. The molecule has 4 nitrogen and oxygen atoms in total. The van der Waals surface area contributed by atoms with E-state index in [2.05, 4.69) is 29.4 Å². The van der Waals surface area contributed by atoms with Crippen molar-refractivity contribution in [3.05, 3.63) is 40.9 Å². The Morgan fingerprint density at radius 1 is 1.22 bits per heavy atom. The van der Waals surface area contributed by atoms with Gasteiger partial charge in [-0.3, -0.25) is 4.79 Å². The van der Waals surface area contributed by atoms with Gasteiger partial charge in [-0.25, -0.2) is 4.98 Å². The van der Waals surface area contributed by atoms with E-state index in [1.54, 1.807) is 0 Å². The molecule has 0 saturated carbocycles. The summed E-state index contributed by atoms with van der Waals surface area (Å²) in [5, 5.41) is 6.05. The van der Waals surface area contributed by atoms with Gasteiger partial charge in [0.1, 0.15) is 5.41 Å². The van der Waals surface area contributed by atoms with Gasteiger partial charge in [-0.15, -0.1) is 11.3 Å². The highest BCUT2D eigenvalue weighted by Gasteiger charge is 2.40. The van der Waals surface area contributed by atoms with E-state index in [0.717, 1.165) is 16.5 Å². The summed E-state index contributed by atoms with van der Waals surface area (Å²) in [4.78, 5) is 17.1.